The Bertz CT molecular complexity index is 3200. The SMILES string of the molecule is C=Nc1c(C(c2ccc(-c3ccccc3)cc2)n2c3c4ccccc4ccc3c3c4ccccc4c4c5ccccc5oc4c32)sc2ccccc12. The van der Waals surface area contributed by atoms with Crippen LogP contribution in [0.1, 0.15) is 16.5 Å². The summed E-state index contributed by atoms with van der Waals surface area (Å²) in [6, 6.07) is 58.6. The summed E-state index contributed by atoms with van der Waals surface area (Å²) in [5.41, 5.74) is 8.51. The Labute approximate surface area is 303 Å². The number of rotatable bonds is 5. The topological polar surface area (TPSA) is 30.4 Å². The number of furan rings is 1. The predicted molar refractivity (Wildman–Crippen MR) is 222 cm³/mol. The largest absolute Gasteiger partial charge is 0.454 e. The lowest BCUT2D eigenvalue weighted by Crippen LogP contribution is -2.11. The number of hydrogen-bond acceptors (Lipinski definition) is 3. The van der Waals surface area contributed by atoms with Gasteiger partial charge in [-0.2, -0.15) is 0 Å². The van der Waals surface area contributed by atoms with Crippen molar-refractivity contribution in [1.29, 1.82) is 0 Å². The zero-order valence-corrected chi connectivity index (χ0v) is 28.9. The van der Waals surface area contributed by atoms with Crippen LogP contribution in [0, 0.1) is 0 Å². The second-order valence-corrected chi connectivity index (χ2v) is 14.6. The minimum Gasteiger partial charge on any atom is -0.454 e. The van der Waals surface area contributed by atoms with Gasteiger partial charge in [0.2, 0.25) is 0 Å². The van der Waals surface area contributed by atoms with Crippen molar-refractivity contribution < 1.29 is 4.42 Å². The Balaban J connectivity index is 1.38. The first-order chi connectivity index (χ1) is 25.8. The van der Waals surface area contributed by atoms with Gasteiger partial charge in [0.1, 0.15) is 5.58 Å². The first-order valence-corrected chi connectivity index (χ1v) is 18.4. The van der Waals surface area contributed by atoms with E-state index >= 15 is 0 Å². The van der Waals surface area contributed by atoms with Crippen LogP contribution in [0.4, 0.5) is 5.69 Å². The number of para-hydroxylation sites is 1. The molecular weight excluding hydrogens is 653 g/mol. The maximum atomic E-state index is 7.02. The van der Waals surface area contributed by atoms with E-state index in [1.165, 1.54) is 59.2 Å². The Hall–Kier alpha value is -6.49. The lowest BCUT2D eigenvalue weighted by Gasteiger charge is -2.23. The number of nitrogens with zero attached hydrogens (tertiary/aromatic N) is 2. The molecule has 52 heavy (non-hydrogen) atoms. The molecule has 11 aromatic rings. The van der Waals surface area contributed by atoms with Gasteiger partial charge in [-0.25, -0.2) is 0 Å². The van der Waals surface area contributed by atoms with E-state index in [2.05, 4.69) is 175 Å². The maximum Gasteiger partial charge on any atom is 0.160 e. The highest BCUT2D eigenvalue weighted by Gasteiger charge is 2.31. The molecule has 0 aliphatic carbocycles. The lowest BCUT2D eigenvalue weighted by atomic mass is 9.97. The minimum absolute atomic E-state index is 0.244. The quantitative estimate of drug-likeness (QED) is 0.166. The average molecular weight is 683 g/mol. The van der Waals surface area contributed by atoms with E-state index < -0.39 is 0 Å². The molecule has 8 aromatic carbocycles. The molecule has 244 valence electrons. The van der Waals surface area contributed by atoms with Crippen LogP contribution < -0.4 is 0 Å². The second kappa shape index (κ2) is 11.3. The molecular formula is C48H30N2OS. The number of benzene rings is 8. The van der Waals surface area contributed by atoms with Crippen molar-refractivity contribution in [1.82, 2.24) is 4.57 Å². The van der Waals surface area contributed by atoms with Crippen molar-refractivity contribution in [3.05, 3.63) is 174 Å². The van der Waals surface area contributed by atoms with Gasteiger partial charge in [-0.3, -0.25) is 4.99 Å². The molecule has 0 saturated carbocycles. The highest BCUT2D eigenvalue weighted by atomic mass is 32.1. The summed E-state index contributed by atoms with van der Waals surface area (Å²) in [6.45, 7) is 4.15. The van der Waals surface area contributed by atoms with Crippen molar-refractivity contribution in [3.63, 3.8) is 0 Å². The normalized spacial score (nSPS) is 12.6. The summed E-state index contributed by atoms with van der Waals surface area (Å²) in [5.74, 6) is 0. The number of aromatic nitrogens is 1. The van der Waals surface area contributed by atoms with Crippen LogP contribution in [-0.2, 0) is 0 Å². The Kier molecular flexibility index (Phi) is 6.34. The van der Waals surface area contributed by atoms with Crippen LogP contribution in [0.5, 0.6) is 0 Å². The molecule has 0 amide bonds. The summed E-state index contributed by atoms with van der Waals surface area (Å²) >= 11 is 1.80. The van der Waals surface area contributed by atoms with Gasteiger partial charge in [0, 0.05) is 37.0 Å². The molecule has 1 atom stereocenters. The lowest BCUT2D eigenvalue weighted by molar-refractivity contribution is 0.665. The Morgan fingerprint density at radius 1 is 0.519 bits per heavy atom. The van der Waals surface area contributed by atoms with Crippen LogP contribution in [0.25, 0.3) is 86.5 Å². The number of fused-ring (bicyclic) bond motifs is 13. The van der Waals surface area contributed by atoms with Gasteiger partial charge in [0.15, 0.2) is 5.58 Å². The molecule has 3 aromatic heterocycles. The van der Waals surface area contributed by atoms with Gasteiger partial charge >= 0.3 is 0 Å². The van der Waals surface area contributed by atoms with Gasteiger partial charge < -0.3 is 8.98 Å². The summed E-state index contributed by atoms with van der Waals surface area (Å²) < 4.78 is 10.8. The average Bonchev–Trinajstić information content (AvgIpc) is 3.89. The fourth-order valence-corrected chi connectivity index (χ4v) is 9.82. The molecule has 0 saturated heterocycles. The van der Waals surface area contributed by atoms with Crippen molar-refractivity contribution >= 4 is 99.1 Å². The zero-order valence-electron chi connectivity index (χ0n) is 28.1. The maximum absolute atomic E-state index is 7.02. The third kappa shape index (κ3) is 4.10. The monoisotopic (exact) mass is 682 g/mol. The highest BCUT2D eigenvalue weighted by Crippen LogP contribution is 2.52. The van der Waals surface area contributed by atoms with Gasteiger partial charge in [0.25, 0.3) is 0 Å². The van der Waals surface area contributed by atoms with Crippen LogP contribution in [0.15, 0.2) is 173 Å². The summed E-state index contributed by atoms with van der Waals surface area (Å²) in [7, 11) is 0. The van der Waals surface area contributed by atoms with Gasteiger partial charge in [-0.05, 0) is 51.7 Å². The molecule has 0 radical (unpaired) electrons. The van der Waals surface area contributed by atoms with E-state index in [-0.39, 0.29) is 6.04 Å². The number of hydrogen-bond donors (Lipinski definition) is 0. The third-order valence-corrected chi connectivity index (χ3v) is 12.0. The molecule has 0 aliphatic heterocycles. The molecule has 0 fully saturated rings. The van der Waals surface area contributed by atoms with Gasteiger partial charge in [-0.1, -0.05) is 152 Å². The molecule has 0 aliphatic rings. The smallest absolute Gasteiger partial charge is 0.160 e. The van der Waals surface area contributed by atoms with E-state index in [1.807, 2.05) is 0 Å². The zero-order chi connectivity index (χ0) is 34.3. The molecule has 0 N–H and O–H groups in total. The van der Waals surface area contributed by atoms with Crippen LogP contribution in [0.2, 0.25) is 0 Å². The number of aliphatic imine (C=N–C) groups is 1. The fourth-order valence-electron chi connectivity index (χ4n) is 8.53. The van der Waals surface area contributed by atoms with E-state index in [1.54, 1.807) is 11.3 Å². The summed E-state index contributed by atoms with van der Waals surface area (Å²) in [4.78, 5) is 5.92. The first-order valence-electron chi connectivity index (χ1n) is 17.6. The Morgan fingerprint density at radius 3 is 1.94 bits per heavy atom. The molecule has 3 nitrogen and oxygen atoms in total. The van der Waals surface area contributed by atoms with E-state index in [0.29, 0.717) is 0 Å². The predicted octanol–water partition coefficient (Wildman–Crippen LogP) is 13.9. The first kappa shape index (κ1) is 29.3. The standard InChI is InChI=1S/C48H30N2OS/c1-49-43-37-20-10-12-22-40(37)52-48(43)44(32-25-23-30(24-26-32)29-13-3-2-4-14-29)50-45-33-16-6-5-15-31(33)27-28-38(45)41-34-17-7-8-18-35(34)42-36-19-9-11-21-39(36)51-47(42)46(41)50/h2-28,44H,1H2. The van der Waals surface area contributed by atoms with Crippen molar-refractivity contribution in [2.24, 2.45) is 4.99 Å². The van der Waals surface area contributed by atoms with Gasteiger partial charge in [-0.15, -0.1) is 11.3 Å². The van der Waals surface area contributed by atoms with Crippen molar-refractivity contribution in [3.8, 4) is 11.1 Å². The molecule has 0 spiro atoms. The molecule has 1 unspecified atom stereocenters. The molecule has 4 heteroatoms. The summed E-state index contributed by atoms with van der Waals surface area (Å²) in [5, 5.41) is 10.6. The van der Waals surface area contributed by atoms with Crippen LogP contribution in [-0.4, -0.2) is 11.3 Å². The summed E-state index contributed by atoms with van der Waals surface area (Å²) in [6.07, 6.45) is 0. The minimum atomic E-state index is -0.244. The fraction of sp³-hybridized carbons (Fsp3) is 0.0208. The van der Waals surface area contributed by atoms with Gasteiger partial charge in [0.05, 0.1) is 27.6 Å². The molecule has 11 rings (SSSR count). The third-order valence-electron chi connectivity index (χ3n) is 10.8. The molecule has 0 bridgehead atoms. The van der Waals surface area contributed by atoms with E-state index in [0.717, 1.165) is 43.4 Å². The van der Waals surface area contributed by atoms with Crippen molar-refractivity contribution in [2.75, 3.05) is 0 Å². The Morgan fingerprint density at radius 2 is 1.15 bits per heavy atom. The van der Waals surface area contributed by atoms with E-state index in [4.69, 9.17) is 9.41 Å². The van der Waals surface area contributed by atoms with Crippen LogP contribution in [0.3, 0.4) is 0 Å². The highest BCUT2D eigenvalue weighted by molar-refractivity contribution is 7.19. The van der Waals surface area contributed by atoms with E-state index in [9.17, 15) is 0 Å². The molecule has 3 heterocycles. The number of thiophene rings is 1. The van der Waals surface area contributed by atoms with Crippen LogP contribution >= 0.6 is 11.3 Å². The van der Waals surface area contributed by atoms with Crippen molar-refractivity contribution in [2.45, 2.75) is 6.04 Å². The second-order valence-electron chi connectivity index (χ2n) is 13.5.